The van der Waals surface area contributed by atoms with E-state index in [1.165, 1.54) is 0 Å². The van der Waals surface area contributed by atoms with Crippen molar-refractivity contribution in [3.63, 3.8) is 0 Å². The molecule has 1 atom stereocenters. The largest absolute Gasteiger partial charge is 0.465 e. The summed E-state index contributed by atoms with van der Waals surface area (Å²) >= 11 is 3.31. The number of hydrogen-bond acceptors (Lipinski definition) is 4. The van der Waals surface area contributed by atoms with E-state index in [1.54, 1.807) is 11.8 Å². The fourth-order valence-electron chi connectivity index (χ4n) is 1.59. The summed E-state index contributed by atoms with van der Waals surface area (Å²) in [6, 6.07) is 0. The number of esters is 1. The second-order valence-electron chi connectivity index (χ2n) is 5.30. The van der Waals surface area contributed by atoms with Crippen molar-refractivity contribution in [1.82, 2.24) is 4.90 Å². The number of amides is 1. The quantitative estimate of drug-likeness (QED) is 0.590. The van der Waals surface area contributed by atoms with Gasteiger partial charge in [-0.25, -0.2) is 4.79 Å². The van der Waals surface area contributed by atoms with E-state index in [1.807, 2.05) is 20.8 Å². The van der Waals surface area contributed by atoms with Crippen molar-refractivity contribution in [1.29, 1.82) is 0 Å². The van der Waals surface area contributed by atoms with Gasteiger partial charge in [-0.3, -0.25) is 4.79 Å². The average molecular weight is 322 g/mol. The van der Waals surface area contributed by atoms with Gasteiger partial charge in [0, 0.05) is 19.0 Å². The van der Waals surface area contributed by atoms with Crippen molar-refractivity contribution < 1.29 is 19.1 Å². The highest BCUT2D eigenvalue weighted by atomic mass is 79.9. The Balaban J connectivity index is 2.35. The molecule has 0 radical (unpaired) electrons. The molecular weight excluding hydrogens is 302 g/mol. The molecule has 18 heavy (non-hydrogen) atoms. The van der Waals surface area contributed by atoms with Crippen LogP contribution in [0.3, 0.4) is 0 Å². The zero-order valence-electron chi connectivity index (χ0n) is 11.2. The number of hydrogen-bond donors (Lipinski definition) is 0. The molecule has 1 amide bonds. The van der Waals surface area contributed by atoms with Gasteiger partial charge < -0.3 is 14.4 Å². The minimum Gasteiger partial charge on any atom is -0.465 e. The van der Waals surface area contributed by atoms with E-state index in [-0.39, 0.29) is 22.8 Å². The first-order valence-electron chi connectivity index (χ1n) is 6.03. The lowest BCUT2D eigenvalue weighted by atomic mass is 9.97. The molecule has 1 rings (SSSR count). The van der Waals surface area contributed by atoms with Crippen molar-refractivity contribution >= 4 is 28.0 Å². The van der Waals surface area contributed by atoms with E-state index in [2.05, 4.69) is 15.9 Å². The molecule has 1 saturated heterocycles. The molecule has 5 nitrogen and oxygen atoms in total. The Morgan fingerprint density at radius 3 is 2.39 bits per heavy atom. The summed E-state index contributed by atoms with van der Waals surface area (Å²) in [6.45, 7) is 8.65. The lowest BCUT2D eigenvalue weighted by Gasteiger charge is -2.41. The van der Waals surface area contributed by atoms with Crippen LogP contribution in [0, 0.1) is 5.92 Å². The monoisotopic (exact) mass is 321 g/mol. The molecule has 0 bridgehead atoms. The molecule has 0 saturated carbocycles. The number of likely N-dealkylation sites (tertiary alicyclic amines) is 1. The van der Waals surface area contributed by atoms with Gasteiger partial charge in [-0.2, -0.15) is 0 Å². The summed E-state index contributed by atoms with van der Waals surface area (Å²) < 4.78 is 10.1. The van der Waals surface area contributed by atoms with Crippen LogP contribution in [0.2, 0.25) is 0 Å². The number of rotatable bonds is 3. The van der Waals surface area contributed by atoms with Crippen LogP contribution in [0.5, 0.6) is 0 Å². The van der Waals surface area contributed by atoms with E-state index in [0.717, 1.165) is 0 Å². The first kappa shape index (κ1) is 15.3. The van der Waals surface area contributed by atoms with E-state index in [4.69, 9.17) is 9.47 Å². The lowest BCUT2D eigenvalue weighted by Crippen LogP contribution is -2.55. The third-order valence-electron chi connectivity index (χ3n) is 2.49. The SMILES string of the molecule is CCOC(=O)C(Br)C1CN(C(=O)OC(C)(C)C)C1. The molecule has 0 spiro atoms. The Bertz CT molecular complexity index is 321. The predicted octanol–water partition coefficient (Wildman–Crippen LogP) is 2.18. The van der Waals surface area contributed by atoms with Crippen LogP contribution in [0.4, 0.5) is 4.79 Å². The number of carbonyl (C=O) groups excluding carboxylic acids is 2. The minimum atomic E-state index is -0.489. The maximum absolute atomic E-state index is 11.7. The van der Waals surface area contributed by atoms with E-state index >= 15 is 0 Å². The van der Waals surface area contributed by atoms with Gasteiger partial charge in [-0.15, -0.1) is 0 Å². The third-order valence-corrected chi connectivity index (χ3v) is 3.61. The van der Waals surface area contributed by atoms with Gasteiger partial charge in [0.15, 0.2) is 0 Å². The maximum Gasteiger partial charge on any atom is 0.410 e. The zero-order chi connectivity index (χ0) is 13.9. The second kappa shape index (κ2) is 5.91. The zero-order valence-corrected chi connectivity index (χ0v) is 12.8. The molecule has 0 aliphatic carbocycles. The molecule has 0 aromatic carbocycles. The lowest BCUT2D eigenvalue weighted by molar-refractivity contribution is -0.144. The van der Waals surface area contributed by atoms with Crippen molar-refractivity contribution in [2.75, 3.05) is 19.7 Å². The van der Waals surface area contributed by atoms with Crippen LogP contribution < -0.4 is 0 Å². The van der Waals surface area contributed by atoms with Crippen LogP contribution in [0.25, 0.3) is 0 Å². The van der Waals surface area contributed by atoms with Crippen molar-refractivity contribution in [3.05, 3.63) is 0 Å². The smallest absolute Gasteiger partial charge is 0.410 e. The van der Waals surface area contributed by atoms with Crippen molar-refractivity contribution in [2.24, 2.45) is 5.92 Å². The molecule has 6 heteroatoms. The normalized spacial score (nSPS) is 17.9. The van der Waals surface area contributed by atoms with Gasteiger partial charge in [0.2, 0.25) is 0 Å². The van der Waals surface area contributed by atoms with Gasteiger partial charge in [0.05, 0.1) is 6.61 Å². The Hall–Kier alpha value is -0.780. The number of ether oxygens (including phenoxy) is 2. The van der Waals surface area contributed by atoms with Crippen LogP contribution in [0.1, 0.15) is 27.7 Å². The van der Waals surface area contributed by atoms with E-state index < -0.39 is 5.60 Å². The molecule has 1 unspecified atom stereocenters. The minimum absolute atomic E-state index is 0.0940. The van der Waals surface area contributed by atoms with Crippen molar-refractivity contribution in [3.8, 4) is 0 Å². The summed E-state index contributed by atoms with van der Waals surface area (Å²) in [6.07, 6.45) is -0.331. The molecule has 1 heterocycles. The topological polar surface area (TPSA) is 55.8 Å². The van der Waals surface area contributed by atoms with Crippen LogP contribution in [0.15, 0.2) is 0 Å². The Kier molecular flexibility index (Phi) is 5.01. The average Bonchev–Trinajstić information content (AvgIpc) is 2.12. The summed E-state index contributed by atoms with van der Waals surface area (Å²) in [5.74, 6) is -0.178. The van der Waals surface area contributed by atoms with Crippen LogP contribution in [-0.2, 0) is 14.3 Å². The molecule has 1 aliphatic heterocycles. The summed E-state index contributed by atoms with van der Waals surface area (Å²) in [5, 5.41) is 0. The first-order chi connectivity index (χ1) is 8.24. The Labute approximate surface area is 116 Å². The van der Waals surface area contributed by atoms with Gasteiger partial charge >= 0.3 is 12.1 Å². The van der Waals surface area contributed by atoms with Crippen LogP contribution >= 0.6 is 15.9 Å². The Morgan fingerprint density at radius 2 is 1.94 bits per heavy atom. The van der Waals surface area contributed by atoms with E-state index in [0.29, 0.717) is 19.7 Å². The number of alkyl halides is 1. The Morgan fingerprint density at radius 1 is 1.39 bits per heavy atom. The highest BCUT2D eigenvalue weighted by Crippen LogP contribution is 2.26. The summed E-state index contributed by atoms with van der Waals surface area (Å²) in [7, 11) is 0. The summed E-state index contributed by atoms with van der Waals surface area (Å²) in [5.41, 5.74) is -0.489. The molecule has 0 aromatic rings. The highest BCUT2D eigenvalue weighted by molar-refractivity contribution is 9.10. The van der Waals surface area contributed by atoms with Gasteiger partial charge in [-0.1, -0.05) is 15.9 Å². The third kappa shape index (κ3) is 4.15. The first-order valence-corrected chi connectivity index (χ1v) is 6.94. The molecule has 1 fully saturated rings. The van der Waals surface area contributed by atoms with Gasteiger partial charge in [0.25, 0.3) is 0 Å². The molecule has 1 aliphatic rings. The number of nitrogens with zero attached hydrogens (tertiary/aromatic N) is 1. The molecule has 0 aromatic heterocycles. The van der Waals surface area contributed by atoms with Crippen molar-refractivity contribution in [2.45, 2.75) is 38.1 Å². The second-order valence-corrected chi connectivity index (χ2v) is 6.29. The predicted molar refractivity (Wildman–Crippen MR) is 70.6 cm³/mol. The molecular formula is C12H20BrNO4. The van der Waals surface area contributed by atoms with Gasteiger partial charge in [0.1, 0.15) is 10.4 Å². The fraction of sp³-hybridized carbons (Fsp3) is 0.833. The highest BCUT2D eigenvalue weighted by Gasteiger charge is 2.40. The molecule has 0 N–H and O–H groups in total. The fourth-order valence-corrected chi connectivity index (χ4v) is 2.05. The maximum atomic E-state index is 11.7. The van der Waals surface area contributed by atoms with E-state index in [9.17, 15) is 9.59 Å². The standard InChI is InChI=1S/C12H20BrNO4/c1-5-17-10(15)9(13)8-6-14(7-8)11(16)18-12(2,3)4/h8-9H,5-7H2,1-4H3. The summed E-state index contributed by atoms with van der Waals surface area (Å²) in [4.78, 5) is 24.4. The number of halogens is 1. The number of carbonyl (C=O) groups is 2. The van der Waals surface area contributed by atoms with Crippen LogP contribution in [-0.4, -0.2) is 47.1 Å². The molecule has 104 valence electrons. The van der Waals surface area contributed by atoms with Gasteiger partial charge in [-0.05, 0) is 27.7 Å².